The van der Waals surface area contributed by atoms with Gasteiger partial charge >= 0.3 is 7.12 Å². The van der Waals surface area contributed by atoms with E-state index < -0.39 is 7.12 Å². The molecule has 3 nitrogen and oxygen atoms in total. The van der Waals surface area contributed by atoms with E-state index in [-0.39, 0.29) is 11.2 Å². The summed E-state index contributed by atoms with van der Waals surface area (Å²) in [5.41, 5.74) is 2.27. The quantitative estimate of drug-likeness (QED) is 0.776. The zero-order valence-corrected chi connectivity index (χ0v) is 15.5. The molecule has 0 saturated carbocycles. The van der Waals surface area contributed by atoms with Crippen molar-refractivity contribution in [1.82, 2.24) is 0 Å². The standard InChI is InChI=1S/C19H22BClO3/c1-18(2)19(3,4)24-20(23-18)14-8-11-17(22-5)16(12-14)13-6-9-15(21)10-7-13/h6-12H,1-5H3. The minimum atomic E-state index is -0.396. The minimum Gasteiger partial charge on any atom is -0.496 e. The Morgan fingerprint density at radius 1 is 0.917 bits per heavy atom. The molecule has 0 spiro atoms. The summed E-state index contributed by atoms with van der Waals surface area (Å²) in [6.07, 6.45) is 0. The molecule has 5 heteroatoms. The minimum absolute atomic E-state index is 0.363. The third-order valence-corrected chi connectivity index (χ3v) is 5.16. The fourth-order valence-electron chi connectivity index (χ4n) is 2.71. The number of ether oxygens (including phenoxy) is 1. The lowest BCUT2D eigenvalue weighted by atomic mass is 9.77. The van der Waals surface area contributed by atoms with E-state index in [1.807, 2.05) is 36.4 Å². The maximum absolute atomic E-state index is 6.15. The first kappa shape index (κ1) is 17.3. The molecule has 2 aromatic carbocycles. The van der Waals surface area contributed by atoms with Crippen molar-refractivity contribution in [1.29, 1.82) is 0 Å². The van der Waals surface area contributed by atoms with E-state index in [9.17, 15) is 0 Å². The Hall–Kier alpha value is -1.49. The van der Waals surface area contributed by atoms with Gasteiger partial charge < -0.3 is 14.0 Å². The summed E-state index contributed by atoms with van der Waals surface area (Å²) in [4.78, 5) is 0. The maximum Gasteiger partial charge on any atom is 0.494 e. The van der Waals surface area contributed by atoms with Gasteiger partial charge in [-0.15, -0.1) is 0 Å². The van der Waals surface area contributed by atoms with Crippen molar-refractivity contribution in [3.63, 3.8) is 0 Å². The van der Waals surface area contributed by atoms with Gasteiger partial charge in [0.05, 0.1) is 18.3 Å². The number of hydrogen-bond donors (Lipinski definition) is 0. The van der Waals surface area contributed by atoms with Gasteiger partial charge in [0.2, 0.25) is 0 Å². The molecule has 1 saturated heterocycles. The van der Waals surface area contributed by atoms with Crippen molar-refractivity contribution in [2.45, 2.75) is 38.9 Å². The van der Waals surface area contributed by atoms with Crippen LogP contribution in [0.3, 0.4) is 0 Å². The molecule has 126 valence electrons. The highest BCUT2D eigenvalue weighted by molar-refractivity contribution is 6.62. The molecular weight excluding hydrogens is 322 g/mol. The largest absolute Gasteiger partial charge is 0.496 e. The lowest BCUT2D eigenvalue weighted by Crippen LogP contribution is -2.41. The van der Waals surface area contributed by atoms with Gasteiger partial charge in [-0.05, 0) is 56.9 Å². The van der Waals surface area contributed by atoms with Gasteiger partial charge in [-0.25, -0.2) is 0 Å². The zero-order valence-electron chi connectivity index (χ0n) is 14.7. The number of rotatable bonds is 3. The second-order valence-corrected chi connectivity index (χ2v) is 7.49. The van der Waals surface area contributed by atoms with Crippen molar-refractivity contribution < 1.29 is 14.0 Å². The van der Waals surface area contributed by atoms with Crippen molar-refractivity contribution >= 4 is 24.2 Å². The maximum atomic E-state index is 6.15. The van der Waals surface area contributed by atoms with Crippen molar-refractivity contribution in [3.8, 4) is 16.9 Å². The first-order valence-corrected chi connectivity index (χ1v) is 8.41. The van der Waals surface area contributed by atoms with Gasteiger partial charge in [0, 0.05) is 10.6 Å². The SMILES string of the molecule is COc1ccc(B2OC(C)(C)C(C)(C)O2)cc1-c1ccc(Cl)cc1. The third-order valence-electron chi connectivity index (χ3n) is 4.90. The first-order chi connectivity index (χ1) is 11.2. The van der Waals surface area contributed by atoms with E-state index in [1.54, 1.807) is 7.11 Å². The van der Waals surface area contributed by atoms with Crippen LogP contribution >= 0.6 is 11.6 Å². The van der Waals surface area contributed by atoms with E-state index in [0.29, 0.717) is 5.02 Å². The van der Waals surface area contributed by atoms with Crippen LogP contribution in [0, 0.1) is 0 Å². The number of hydrogen-bond acceptors (Lipinski definition) is 3. The second kappa shape index (κ2) is 6.10. The Morgan fingerprint density at radius 2 is 1.50 bits per heavy atom. The zero-order chi connectivity index (χ0) is 17.5. The van der Waals surface area contributed by atoms with Crippen LogP contribution in [0.25, 0.3) is 11.1 Å². The highest BCUT2D eigenvalue weighted by Gasteiger charge is 2.51. The summed E-state index contributed by atoms with van der Waals surface area (Å²) in [6, 6.07) is 13.7. The molecule has 0 unspecified atom stereocenters. The molecule has 1 aliphatic rings. The number of halogens is 1. The predicted octanol–water partition coefficient (Wildman–Crippen LogP) is 4.31. The summed E-state index contributed by atoms with van der Waals surface area (Å²) in [6.45, 7) is 8.21. The van der Waals surface area contributed by atoms with E-state index in [4.69, 9.17) is 25.6 Å². The molecule has 1 fully saturated rings. The highest BCUT2D eigenvalue weighted by atomic mass is 35.5. The molecule has 1 aliphatic heterocycles. The molecule has 0 aromatic heterocycles. The number of methoxy groups -OCH3 is 1. The Balaban J connectivity index is 2.00. The number of benzene rings is 2. The van der Waals surface area contributed by atoms with Gasteiger partial charge in [-0.3, -0.25) is 0 Å². The van der Waals surface area contributed by atoms with Crippen LogP contribution in [-0.2, 0) is 9.31 Å². The summed E-state index contributed by atoms with van der Waals surface area (Å²) in [5, 5.41) is 0.708. The fraction of sp³-hybridized carbons (Fsp3) is 0.368. The topological polar surface area (TPSA) is 27.7 Å². The molecule has 0 bridgehead atoms. The fourth-order valence-corrected chi connectivity index (χ4v) is 2.83. The van der Waals surface area contributed by atoms with Gasteiger partial charge in [-0.1, -0.05) is 35.9 Å². The second-order valence-electron chi connectivity index (χ2n) is 7.05. The van der Waals surface area contributed by atoms with E-state index in [2.05, 4.69) is 33.8 Å². The molecule has 1 heterocycles. The van der Waals surface area contributed by atoms with Gasteiger partial charge in [0.25, 0.3) is 0 Å². The Kier molecular flexibility index (Phi) is 4.41. The van der Waals surface area contributed by atoms with Gasteiger partial charge in [-0.2, -0.15) is 0 Å². The molecule has 0 N–H and O–H groups in total. The Bertz CT molecular complexity index is 725. The monoisotopic (exact) mass is 344 g/mol. The molecule has 0 aliphatic carbocycles. The molecule has 0 atom stereocenters. The first-order valence-electron chi connectivity index (χ1n) is 8.03. The summed E-state index contributed by atoms with van der Waals surface area (Å²) >= 11 is 6.00. The molecule has 24 heavy (non-hydrogen) atoms. The molecular formula is C19H22BClO3. The lowest BCUT2D eigenvalue weighted by molar-refractivity contribution is 0.00578. The van der Waals surface area contributed by atoms with Crippen LogP contribution in [0.5, 0.6) is 5.75 Å². The lowest BCUT2D eigenvalue weighted by Gasteiger charge is -2.32. The Morgan fingerprint density at radius 3 is 2.04 bits per heavy atom. The summed E-state index contributed by atoms with van der Waals surface area (Å²) in [5.74, 6) is 0.803. The predicted molar refractivity (Wildman–Crippen MR) is 99.2 cm³/mol. The van der Waals surface area contributed by atoms with E-state index >= 15 is 0 Å². The Labute approximate surface area is 149 Å². The van der Waals surface area contributed by atoms with Crippen molar-refractivity contribution in [2.24, 2.45) is 0 Å². The van der Waals surface area contributed by atoms with Crippen LogP contribution in [0.4, 0.5) is 0 Å². The molecule has 0 amide bonds. The van der Waals surface area contributed by atoms with Crippen molar-refractivity contribution in [2.75, 3.05) is 7.11 Å². The average Bonchev–Trinajstić information content (AvgIpc) is 2.75. The normalized spacial score (nSPS) is 18.7. The van der Waals surface area contributed by atoms with E-state index in [1.165, 1.54) is 0 Å². The summed E-state index contributed by atoms with van der Waals surface area (Å²) in [7, 11) is 1.27. The summed E-state index contributed by atoms with van der Waals surface area (Å²) < 4.78 is 17.8. The smallest absolute Gasteiger partial charge is 0.494 e. The van der Waals surface area contributed by atoms with Gasteiger partial charge in [0.1, 0.15) is 5.75 Å². The van der Waals surface area contributed by atoms with Gasteiger partial charge in [0.15, 0.2) is 0 Å². The van der Waals surface area contributed by atoms with Crippen molar-refractivity contribution in [3.05, 3.63) is 47.5 Å². The van der Waals surface area contributed by atoms with E-state index in [0.717, 1.165) is 22.3 Å². The van der Waals surface area contributed by atoms with Crippen LogP contribution in [-0.4, -0.2) is 25.4 Å². The van der Waals surface area contributed by atoms with Crippen LogP contribution in [0.1, 0.15) is 27.7 Å². The van der Waals surface area contributed by atoms with Crippen LogP contribution in [0.2, 0.25) is 5.02 Å². The molecule has 2 aromatic rings. The van der Waals surface area contributed by atoms with Crippen LogP contribution < -0.4 is 10.2 Å². The third kappa shape index (κ3) is 3.06. The molecule has 3 rings (SSSR count). The molecule has 0 radical (unpaired) electrons. The average molecular weight is 345 g/mol. The van der Waals surface area contributed by atoms with Crippen LogP contribution in [0.15, 0.2) is 42.5 Å². The highest BCUT2D eigenvalue weighted by Crippen LogP contribution is 2.37.